The lowest BCUT2D eigenvalue weighted by atomic mass is 9.79. The van der Waals surface area contributed by atoms with Crippen molar-refractivity contribution in [1.29, 1.82) is 0 Å². The summed E-state index contributed by atoms with van der Waals surface area (Å²) in [6.45, 7) is 0.742. The highest BCUT2D eigenvalue weighted by molar-refractivity contribution is 5.86. The second-order valence-corrected chi connectivity index (χ2v) is 9.56. The summed E-state index contributed by atoms with van der Waals surface area (Å²) in [7, 11) is 0. The van der Waals surface area contributed by atoms with Gasteiger partial charge in [-0.15, -0.1) is 0 Å². The van der Waals surface area contributed by atoms with Gasteiger partial charge in [-0.25, -0.2) is 9.59 Å². The number of fused-ring (bicyclic) bond motifs is 3. The fourth-order valence-corrected chi connectivity index (χ4v) is 5.40. The topological polar surface area (TPSA) is 114 Å². The number of carboxylic acids is 1. The molecule has 8 nitrogen and oxygen atoms in total. The van der Waals surface area contributed by atoms with E-state index in [4.69, 9.17) is 9.47 Å². The van der Waals surface area contributed by atoms with Crippen molar-refractivity contribution < 1.29 is 29.0 Å². The predicted molar refractivity (Wildman–Crippen MR) is 128 cm³/mol. The van der Waals surface area contributed by atoms with E-state index in [1.807, 2.05) is 24.3 Å². The number of aliphatic carboxylic acids is 1. The van der Waals surface area contributed by atoms with Gasteiger partial charge in [-0.05, 0) is 47.4 Å². The van der Waals surface area contributed by atoms with E-state index in [-0.39, 0.29) is 36.8 Å². The zero-order valence-electron chi connectivity index (χ0n) is 19.4. The quantitative estimate of drug-likeness (QED) is 0.537. The van der Waals surface area contributed by atoms with Crippen LogP contribution in [0.1, 0.15) is 42.7 Å². The van der Waals surface area contributed by atoms with Crippen LogP contribution in [-0.4, -0.2) is 55.0 Å². The Hall–Kier alpha value is -3.39. The summed E-state index contributed by atoms with van der Waals surface area (Å²) in [5, 5.41) is 14.9. The molecule has 2 fully saturated rings. The van der Waals surface area contributed by atoms with Crippen LogP contribution < -0.4 is 10.6 Å². The van der Waals surface area contributed by atoms with Crippen molar-refractivity contribution in [3.05, 3.63) is 59.7 Å². The molecule has 1 heterocycles. The molecule has 3 atom stereocenters. The lowest BCUT2D eigenvalue weighted by Crippen LogP contribution is -2.53. The lowest BCUT2D eigenvalue weighted by molar-refractivity contribution is -0.149. The minimum Gasteiger partial charge on any atom is -0.479 e. The summed E-state index contributed by atoms with van der Waals surface area (Å²) in [6.07, 6.45) is 1.76. The van der Waals surface area contributed by atoms with Crippen molar-refractivity contribution >= 4 is 18.0 Å². The maximum absolute atomic E-state index is 13.0. The highest BCUT2D eigenvalue weighted by atomic mass is 16.5. The van der Waals surface area contributed by atoms with Gasteiger partial charge in [-0.2, -0.15) is 0 Å². The predicted octanol–water partition coefficient (Wildman–Crippen LogP) is 3.30. The number of ether oxygens (including phenoxy) is 2. The fourth-order valence-electron chi connectivity index (χ4n) is 5.40. The molecule has 0 radical (unpaired) electrons. The van der Waals surface area contributed by atoms with E-state index >= 15 is 0 Å². The minimum atomic E-state index is -1.02. The van der Waals surface area contributed by atoms with Gasteiger partial charge < -0.3 is 25.2 Å². The van der Waals surface area contributed by atoms with Gasteiger partial charge in [-0.1, -0.05) is 55.0 Å². The molecule has 3 aliphatic rings. The monoisotopic (exact) mass is 478 g/mol. The van der Waals surface area contributed by atoms with Crippen LogP contribution in [0.4, 0.5) is 4.79 Å². The molecule has 0 spiro atoms. The molecule has 3 unspecified atom stereocenters. The molecule has 2 amide bonds. The molecular weight excluding hydrogens is 448 g/mol. The number of carbonyl (C=O) groups is 3. The van der Waals surface area contributed by atoms with Crippen LogP contribution >= 0.6 is 0 Å². The van der Waals surface area contributed by atoms with Gasteiger partial charge in [0.05, 0.1) is 0 Å². The number of nitrogens with one attached hydrogen (secondary N) is 2. The van der Waals surface area contributed by atoms with E-state index in [0.29, 0.717) is 13.0 Å². The standard InChI is InChI=1S/C27H30N2O6/c30-25(28-14-17-12-13-34-24(17)26(31)32)23(16-6-5-7-16)29-27(33)35-15-22-20-10-3-1-8-18(20)19-9-2-4-11-21(19)22/h1-4,8-11,16-17,22-24H,5-7,12-15H2,(H,28,30)(H,29,33)(H,31,32). The minimum absolute atomic E-state index is 0.0468. The molecule has 1 saturated carbocycles. The van der Waals surface area contributed by atoms with Crippen molar-refractivity contribution in [1.82, 2.24) is 10.6 Å². The van der Waals surface area contributed by atoms with Crippen LogP contribution in [0.15, 0.2) is 48.5 Å². The zero-order valence-corrected chi connectivity index (χ0v) is 19.4. The molecule has 2 aliphatic carbocycles. The molecule has 2 aromatic rings. The van der Waals surface area contributed by atoms with Gasteiger partial charge in [0.1, 0.15) is 12.6 Å². The summed E-state index contributed by atoms with van der Waals surface area (Å²) >= 11 is 0. The lowest BCUT2D eigenvalue weighted by Gasteiger charge is -2.33. The molecule has 3 N–H and O–H groups in total. The van der Waals surface area contributed by atoms with Gasteiger partial charge in [-0.3, -0.25) is 4.79 Å². The summed E-state index contributed by atoms with van der Waals surface area (Å²) in [5.41, 5.74) is 4.56. The van der Waals surface area contributed by atoms with E-state index in [2.05, 4.69) is 34.9 Å². The Morgan fingerprint density at radius 3 is 2.26 bits per heavy atom. The zero-order chi connectivity index (χ0) is 24.4. The number of amides is 2. The first kappa shape index (κ1) is 23.4. The Morgan fingerprint density at radius 1 is 1.00 bits per heavy atom. The van der Waals surface area contributed by atoms with Gasteiger partial charge in [0.15, 0.2) is 6.10 Å². The molecule has 5 rings (SSSR count). The van der Waals surface area contributed by atoms with Crippen LogP contribution in [0.25, 0.3) is 11.1 Å². The van der Waals surface area contributed by atoms with Crippen molar-refractivity contribution in [2.24, 2.45) is 11.8 Å². The van der Waals surface area contributed by atoms with E-state index in [1.165, 1.54) is 0 Å². The summed E-state index contributed by atoms with van der Waals surface area (Å²) < 4.78 is 10.9. The number of benzene rings is 2. The first-order chi connectivity index (χ1) is 17.0. The van der Waals surface area contributed by atoms with Gasteiger partial charge in [0.2, 0.25) is 5.91 Å². The average molecular weight is 479 g/mol. The van der Waals surface area contributed by atoms with Crippen molar-refractivity contribution in [2.45, 2.75) is 43.7 Å². The summed E-state index contributed by atoms with van der Waals surface area (Å²) in [4.78, 5) is 37.1. The summed E-state index contributed by atoms with van der Waals surface area (Å²) in [6, 6.07) is 15.5. The number of hydrogen-bond donors (Lipinski definition) is 3. The van der Waals surface area contributed by atoms with Crippen molar-refractivity contribution in [2.75, 3.05) is 19.8 Å². The highest BCUT2D eigenvalue weighted by Crippen LogP contribution is 2.44. The third kappa shape index (κ3) is 4.75. The van der Waals surface area contributed by atoms with Crippen LogP contribution in [0.3, 0.4) is 0 Å². The highest BCUT2D eigenvalue weighted by Gasteiger charge is 2.38. The normalized spacial score (nSPS) is 21.9. The second kappa shape index (κ2) is 10.1. The molecule has 35 heavy (non-hydrogen) atoms. The SMILES string of the molecule is O=C(NC(C(=O)NCC1CCOC1C(=O)O)C1CCC1)OCC1c2ccccc2-c2ccccc21. The smallest absolute Gasteiger partial charge is 0.407 e. The Morgan fingerprint density at radius 2 is 1.66 bits per heavy atom. The average Bonchev–Trinajstić information content (AvgIpc) is 3.42. The maximum Gasteiger partial charge on any atom is 0.407 e. The molecule has 184 valence electrons. The number of carbonyl (C=O) groups excluding carboxylic acids is 2. The van der Waals surface area contributed by atoms with Crippen molar-refractivity contribution in [3.8, 4) is 11.1 Å². The number of alkyl carbamates (subject to hydrolysis) is 1. The van der Waals surface area contributed by atoms with Crippen molar-refractivity contribution in [3.63, 3.8) is 0 Å². The maximum atomic E-state index is 13.0. The first-order valence-corrected chi connectivity index (χ1v) is 12.3. The molecule has 1 saturated heterocycles. The molecule has 8 heteroatoms. The number of carboxylic acid groups (broad SMARTS) is 1. The molecule has 1 aliphatic heterocycles. The van der Waals surface area contributed by atoms with E-state index in [1.54, 1.807) is 0 Å². The molecule has 0 bridgehead atoms. The third-order valence-corrected chi connectivity index (χ3v) is 7.52. The van der Waals surface area contributed by atoms with Gasteiger partial charge in [0.25, 0.3) is 0 Å². The van der Waals surface area contributed by atoms with Crippen LogP contribution in [-0.2, 0) is 19.1 Å². The van der Waals surface area contributed by atoms with E-state index in [0.717, 1.165) is 41.5 Å². The molecular formula is C27H30N2O6. The Balaban J connectivity index is 1.20. The first-order valence-electron chi connectivity index (χ1n) is 12.3. The molecule has 0 aromatic heterocycles. The van der Waals surface area contributed by atoms with Crippen LogP contribution in [0.5, 0.6) is 0 Å². The fraction of sp³-hybridized carbons (Fsp3) is 0.444. The van der Waals surface area contributed by atoms with Crippen LogP contribution in [0, 0.1) is 11.8 Å². The largest absolute Gasteiger partial charge is 0.479 e. The Labute approximate surface area is 204 Å². The van der Waals surface area contributed by atoms with Gasteiger partial charge in [0, 0.05) is 25.0 Å². The van der Waals surface area contributed by atoms with E-state index < -0.39 is 24.2 Å². The second-order valence-electron chi connectivity index (χ2n) is 9.56. The number of rotatable bonds is 8. The summed E-state index contributed by atoms with van der Waals surface area (Å²) in [5.74, 6) is -1.62. The Kier molecular flexibility index (Phi) is 6.72. The van der Waals surface area contributed by atoms with Gasteiger partial charge >= 0.3 is 12.1 Å². The Bertz CT molecular complexity index is 1070. The number of hydrogen-bond acceptors (Lipinski definition) is 5. The van der Waals surface area contributed by atoms with E-state index in [9.17, 15) is 19.5 Å². The van der Waals surface area contributed by atoms with Crippen LogP contribution in [0.2, 0.25) is 0 Å². The molecule has 2 aromatic carbocycles. The third-order valence-electron chi connectivity index (χ3n) is 7.52.